The van der Waals surface area contributed by atoms with Gasteiger partial charge in [-0.1, -0.05) is 12.1 Å². The molecule has 2 saturated heterocycles. The SMILES string of the molecule is O=C(NCc1ccc(F)cc1)N1CCC(N(C(=O)C2CC2)C2CCOCC2)C1. The number of carbonyl (C=O) groups is 2. The van der Waals surface area contributed by atoms with Crippen molar-refractivity contribution in [2.45, 2.75) is 50.7 Å². The molecule has 0 radical (unpaired) electrons. The van der Waals surface area contributed by atoms with Gasteiger partial charge in [-0.15, -0.1) is 0 Å². The predicted molar refractivity (Wildman–Crippen MR) is 102 cm³/mol. The molecule has 1 saturated carbocycles. The summed E-state index contributed by atoms with van der Waals surface area (Å²) >= 11 is 0. The fraction of sp³-hybridized carbons (Fsp3) is 0.619. The van der Waals surface area contributed by atoms with E-state index in [2.05, 4.69) is 10.2 Å². The molecule has 1 N–H and O–H groups in total. The molecule has 2 heterocycles. The minimum absolute atomic E-state index is 0.0905. The number of likely N-dealkylation sites (tertiary alicyclic amines) is 1. The van der Waals surface area contributed by atoms with E-state index in [1.54, 1.807) is 17.0 Å². The summed E-state index contributed by atoms with van der Waals surface area (Å²) in [5.74, 6) is 0.167. The largest absolute Gasteiger partial charge is 0.381 e. The van der Waals surface area contributed by atoms with Gasteiger partial charge in [0, 0.05) is 44.8 Å². The number of amides is 3. The molecule has 28 heavy (non-hydrogen) atoms. The van der Waals surface area contributed by atoms with Gasteiger partial charge in [0.15, 0.2) is 0 Å². The molecule has 3 amide bonds. The third kappa shape index (κ3) is 4.46. The normalized spacial score (nSPS) is 22.9. The topological polar surface area (TPSA) is 61.9 Å². The minimum atomic E-state index is -0.286. The number of nitrogens with one attached hydrogen (secondary N) is 1. The van der Waals surface area contributed by atoms with Crippen LogP contribution in [0.15, 0.2) is 24.3 Å². The average molecular weight is 389 g/mol. The lowest BCUT2D eigenvalue weighted by Crippen LogP contribution is -2.51. The third-order valence-electron chi connectivity index (χ3n) is 5.97. The van der Waals surface area contributed by atoms with Crippen LogP contribution in [-0.4, -0.2) is 60.1 Å². The van der Waals surface area contributed by atoms with Crippen molar-refractivity contribution in [3.8, 4) is 0 Å². The monoisotopic (exact) mass is 389 g/mol. The molecule has 0 spiro atoms. The zero-order valence-corrected chi connectivity index (χ0v) is 16.1. The van der Waals surface area contributed by atoms with E-state index in [0.29, 0.717) is 32.8 Å². The predicted octanol–water partition coefficient (Wildman–Crippen LogP) is 2.53. The lowest BCUT2D eigenvalue weighted by Gasteiger charge is -2.38. The van der Waals surface area contributed by atoms with Gasteiger partial charge in [0.05, 0.1) is 6.04 Å². The van der Waals surface area contributed by atoms with Gasteiger partial charge in [0.25, 0.3) is 0 Å². The van der Waals surface area contributed by atoms with E-state index in [-0.39, 0.29) is 35.8 Å². The van der Waals surface area contributed by atoms with Crippen molar-refractivity contribution in [2.75, 3.05) is 26.3 Å². The number of nitrogens with zero attached hydrogens (tertiary/aromatic N) is 2. The maximum absolute atomic E-state index is 13.0. The Balaban J connectivity index is 1.34. The van der Waals surface area contributed by atoms with E-state index in [0.717, 1.165) is 37.7 Å². The lowest BCUT2D eigenvalue weighted by molar-refractivity contribution is -0.139. The Kier molecular flexibility index (Phi) is 5.80. The summed E-state index contributed by atoms with van der Waals surface area (Å²) in [6.45, 7) is 3.00. The van der Waals surface area contributed by atoms with Crippen molar-refractivity contribution in [3.05, 3.63) is 35.6 Å². The molecule has 2 aliphatic heterocycles. The van der Waals surface area contributed by atoms with E-state index >= 15 is 0 Å². The Bertz CT molecular complexity index is 701. The van der Waals surface area contributed by atoms with E-state index in [1.165, 1.54) is 12.1 Å². The van der Waals surface area contributed by atoms with Crippen molar-refractivity contribution in [2.24, 2.45) is 5.92 Å². The van der Waals surface area contributed by atoms with Crippen LogP contribution >= 0.6 is 0 Å². The second kappa shape index (κ2) is 8.47. The molecule has 1 aliphatic carbocycles. The highest BCUT2D eigenvalue weighted by Gasteiger charge is 2.42. The van der Waals surface area contributed by atoms with E-state index < -0.39 is 0 Å². The molecule has 1 atom stereocenters. The number of carbonyl (C=O) groups excluding carboxylic acids is 2. The van der Waals surface area contributed by atoms with Gasteiger partial charge in [-0.3, -0.25) is 4.79 Å². The molecule has 3 fully saturated rings. The molecule has 3 aliphatic rings. The molecule has 1 aromatic rings. The van der Waals surface area contributed by atoms with Gasteiger partial charge in [-0.25, -0.2) is 9.18 Å². The Morgan fingerprint density at radius 3 is 2.46 bits per heavy atom. The molecular formula is C21H28FN3O3. The Morgan fingerprint density at radius 2 is 1.79 bits per heavy atom. The quantitative estimate of drug-likeness (QED) is 0.842. The van der Waals surface area contributed by atoms with Crippen LogP contribution in [-0.2, 0) is 16.1 Å². The number of hydrogen-bond acceptors (Lipinski definition) is 3. The first-order valence-corrected chi connectivity index (χ1v) is 10.3. The van der Waals surface area contributed by atoms with Gasteiger partial charge in [-0.2, -0.15) is 0 Å². The summed E-state index contributed by atoms with van der Waals surface area (Å²) in [4.78, 5) is 29.4. The summed E-state index contributed by atoms with van der Waals surface area (Å²) in [5, 5.41) is 2.90. The van der Waals surface area contributed by atoms with Crippen molar-refractivity contribution in [1.82, 2.24) is 15.1 Å². The first kappa shape index (κ1) is 19.2. The van der Waals surface area contributed by atoms with Crippen LogP contribution in [0.1, 0.15) is 37.7 Å². The number of ether oxygens (including phenoxy) is 1. The van der Waals surface area contributed by atoms with Crippen LogP contribution in [0.4, 0.5) is 9.18 Å². The van der Waals surface area contributed by atoms with E-state index in [4.69, 9.17) is 4.74 Å². The summed E-state index contributed by atoms with van der Waals surface area (Å²) < 4.78 is 18.5. The Labute approximate surface area is 165 Å². The molecule has 1 unspecified atom stereocenters. The van der Waals surface area contributed by atoms with Gasteiger partial charge in [0.1, 0.15) is 5.82 Å². The Hall–Kier alpha value is -2.15. The van der Waals surface area contributed by atoms with Crippen molar-refractivity contribution in [1.29, 1.82) is 0 Å². The number of rotatable bonds is 5. The molecule has 0 aromatic heterocycles. The van der Waals surface area contributed by atoms with Crippen molar-refractivity contribution < 1.29 is 18.7 Å². The van der Waals surface area contributed by atoms with Gasteiger partial charge in [0.2, 0.25) is 5.91 Å². The maximum atomic E-state index is 13.0. The van der Waals surface area contributed by atoms with Crippen molar-refractivity contribution in [3.63, 3.8) is 0 Å². The highest BCUT2D eigenvalue weighted by molar-refractivity contribution is 5.82. The van der Waals surface area contributed by atoms with Gasteiger partial charge >= 0.3 is 6.03 Å². The van der Waals surface area contributed by atoms with Crippen LogP contribution in [0.3, 0.4) is 0 Å². The Morgan fingerprint density at radius 1 is 1.07 bits per heavy atom. The summed E-state index contributed by atoms with van der Waals surface area (Å²) in [6.07, 6.45) is 4.57. The second-order valence-electron chi connectivity index (χ2n) is 8.04. The van der Waals surface area contributed by atoms with Crippen LogP contribution in [0, 0.1) is 11.7 Å². The lowest BCUT2D eigenvalue weighted by atomic mass is 10.0. The van der Waals surface area contributed by atoms with Crippen LogP contribution in [0.25, 0.3) is 0 Å². The fourth-order valence-corrected chi connectivity index (χ4v) is 4.21. The molecule has 152 valence electrons. The molecule has 0 bridgehead atoms. The van der Waals surface area contributed by atoms with Gasteiger partial charge < -0.3 is 19.9 Å². The molecule has 4 rings (SSSR count). The standard InChI is InChI=1S/C21H28FN3O3/c22-17-5-1-15(2-6-17)13-23-21(27)24-10-7-19(14-24)25(20(26)16-3-4-16)18-8-11-28-12-9-18/h1-2,5-6,16,18-19H,3-4,7-14H2,(H,23,27). The molecular weight excluding hydrogens is 361 g/mol. The van der Waals surface area contributed by atoms with Crippen LogP contribution in [0.5, 0.6) is 0 Å². The third-order valence-corrected chi connectivity index (χ3v) is 5.97. The minimum Gasteiger partial charge on any atom is -0.381 e. The zero-order chi connectivity index (χ0) is 19.5. The number of benzene rings is 1. The number of hydrogen-bond donors (Lipinski definition) is 1. The van der Waals surface area contributed by atoms with Crippen molar-refractivity contribution >= 4 is 11.9 Å². The average Bonchev–Trinajstić information content (AvgIpc) is 3.46. The highest BCUT2D eigenvalue weighted by Crippen LogP contribution is 2.35. The van der Waals surface area contributed by atoms with Gasteiger partial charge in [-0.05, 0) is 49.8 Å². The summed E-state index contributed by atoms with van der Waals surface area (Å²) in [5.41, 5.74) is 0.859. The van der Waals surface area contributed by atoms with Crippen LogP contribution in [0.2, 0.25) is 0 Å². The summed E-state index contributed by atoms with van der Waals surface area (Å²) in [7, 11) is 0. The molecule has 6 nitrogen and oxygen atoms in total. The first-order chi connectivity index (χ1) is 13.6. The summed E-state index contributed by atoms with van der Waals surface area (Å²) in [6, 6.07) is 6.32. The number of halogens is 1. The number of urea groups is 1. The highest BCUT2D eigenvalue weighted by atomic mass is 19.1. The molecule has 1 aromatic carbocycles. The first-order valence-electron chi connectivity index (χ1n) is 10.3. The zero-order valence-electron chi connectivity index (χ0n) is 16.1. The molecule has 7 heteroatoms. The van der Waals surface area contributed by atoms with E-state index in [1.807, 2.05) is 0 Å². The van der Waals surface area contributed by atoms with Crippen LogP contribution < -0.4 is 5.32 Å². The maximum Gasteiger partial charge on any atom is 0.317 e. The smallest absolute Gasteiger partial charge is 0.317 e. The fourth-order valence-electron chi connectivity index (χ4n) is 4.21. The van der Waals surface area contributed by atoms with E-state index in [9.17, 15) is 14.0 Å². The second-order valence-corrected chi connectivity index (χ2v) is 8.04.